The van der Waals surface area contributed by atoms with Crippen LogP contribution in [0.5, 0.6) is 0 Å². The molecule has 3 heteroatoms. The Balaban J connectivity index is 2.31. The van der Waals surface area contributed by atoms with Gasteiger partial charge in [0.2, 0.25) is 0 Å². The molecule has 0 radical (unpaired) electrons. The molecule has 1 nitrogen and oxygen atoms in total. The first-order valence-electron chi connectivity index (χ1n) is 7.21. The van der Waals surface area contributed by atoms with E-state index in [-0.39, 0.29) is 0 Å². The van der Waals surface area contributed by atoms with Gasteiger partial charge in [-0.2, -0.15) is 5.26 Å². The van der Waals surface area contributed by atoms with Gasteiger partial charge in [0.15, 0.2) is 0 Å². The lowest BCUT2D eigenvalue weighted by atomic mass is 9.84. The van der Waals surface area contributed by atoms with Gasteiger partial charge in [0.25, 0.3) is 0 Å². The Bertz CT molecular complexity index is 768. The number of hydrogen-bond donors (Lipinski definition) is 0. The van der Waals surface area contributed by atoms with Crippen LogP contribution in [0.25, 0.3) is 0 Å². The maximum absolute atomic E-state index is 9.53. The minimum atomic E-state index is -0.581. The van der Waals surface area contributed by atoms with Crippen molar-refractivity contribution in [3.8, 4) is 5.40 Å². The molecular weight excluding hydrogens is 322 g/mol. The summed E-state index contributed by atoms with van der Waals surface area (Å²) in [6.07, 6.45) is 0. The molecule has 0 aliphatic heterocycles. The van der Waals surface area contributed by atoms with Crippen molar-refractivity contribution in [1.82, 2.24) is 0 Å². The number of benzene rings is 3. The summed E-state index contributed by atoms with van der Waals surface area (Å²) in [5, 5.41) is 12.5. The fourth-order valence-electron chi connectivity index (χ4n) is 2.78. The Kier molecular flexibility index (Phi) is 4.71. The molecule has 0 N–H and O–H groups in total. The number of rotatable bonds is 4. The van der Waals surface area contributed by atoms with Crippen LogP contribution in [0.3, 0.4) is 0 Å². The van der Waals surface area contributed by atoms with Gasteiger partial charge in [-0.15, -0.1) is 0 Å². The largest absolute Gasteiger partial charge is 0.185 e. The van der Waals surface area contributed by atoms with Crippen molar-refractivity contribution in [2.45, 2.75) is 4.75 Å². The zero-order valence-electron chi connectivity index (χ0n) is 12.3. The Morgan fingerprint density at radius 3 is 1.57 bits per heavy atom. The van der Waals surface area contributed by atoms with E-state index in [0.717, 1.165) is 16.7 Å². The molecule has 0 aliphatic rings. The van der Waals surface area contributed by atoms with E-state index in [0.29, 0.717) is 5.02 Å². The van der Waals surface area contributed by atoms with Crippen molar-refractivity contribution in [2.24, 2.45) is 0 Å². The Hall–Kier alpha value is -2.21. The summed E-state index contributed by atoms with van der Waals surface area (Å²) in [7, 11) is 0. The van der Waals surface area contributed by atoms with Gasteiger partial charge in [0.05, 0.1) is 0 Å². The summed E-state index contributed by atoms with van der Waals surface area (Å²) < 4.78 is -0.581. The molecule has 0 spiro atoms. The van der Waals surface area contributed by atoms with E-state index >= 15 is 0 Å². The maximum Gasteiger partial charge on any atom is 0.134 e. The highest BCUT2D eigenvalue weighted by atomic mass is 35.5. The van der Waals surface area contributed by atoms with Gasteiger partial charge in [-0.3, -0.25) is 0 Å². The van der Waals surface area contributed by atoms with E-state index in [1.807, 2.05) is 60.7 Å². The van der Waals surface area contributed by atoms with Crippen LogP contribution in [0.2, 0.25) is 5.02 Å². The van der Waals surface area contributed by atoms with Crippen molar-refractivity contribution < 1.29 is 0 Å². The standard InChI is InChI=1S/C20H14ClNS/c21-19-13-11-18(12-14-19)20(23-15-22,16-7-3-1-4-8-16)17-9-5-2-6-10-17/h1-14H. The minimum absolute atomic E-state index is 0.581. The maximum atomic E-state index is 9.53. The van der Waals surface area contributed by atoms with Crippen LogP contribution >= 0.6 is 23.4 Å². The van der Waals surface area contributed by atoms with Crippen molar-refractivity contribution in [2.75, 3.05) is 0 Å². The number of halogens is 1. The third-order valence-electron chi connectivity index (χ3n) is 3.81. The van der Waals surface area contributed by atoms with Gasteiger partial charge in [-0.05, 0) is 40.6 Å². The lowest BCUT2D eigenvalue weighted by molar-refractivity contribution is 0.900. The summed E-state index contributed by atoms with van der Waals surface area (Å²) >= 11 is 7.31. The quantitative estimate of drug-likeness (QED) is 0.441. The fourth-order valence-corrected chi connectivity index (χ4v) is 3.80. The molecule has 0 heterocycles. The predicted molar refractivity (Wildman–Crippen MR) is 97.4 cm³/mol. The van der Waals surface area contributed by atoms with E-state index in [2.05, 4.69) is 29.7 Å². The number of thioether (sulfide) groups is 1. The molecule has 3 aromatic carbocycles. The SMILES string of the molecule is N#CSC(c1ccccc1)(c1ccccc1)c1ccc(Cl)cc1. The van der Waals surface area contributed by atoms with Crippen molar-refractivity contribution in [3.63, 3.8) is 0 Å². The molecule has 0 bridgehead atoms. The molecule has 3 aromatic rings. The smallest absolute Gasteiger partial charge is 0.134 e. The van der Waals surface area contributed by atoms with E-state index in [9.17, 15) is 5.26 Å². The highest BCUT2D eigenvalue weighted by Crippen LogP contribution is 2.48. The summed E-state index contributed by atoms with van der Waals surface area (Å²) in [6, 6.07) is 27.9. The van der Waals surface area contributed by atoms with Gasteiger partial charge in [0.1, 0.15) is 10.1 Å². The third-order valence-corrected chi connectivity index (χ3v) is 5.17. The van der Waals surface area contributed by atoms with Crippen LogP contribution < -0.4 is 0 Å². The molecule has 0 saturated carbocycles. The topological polar surface area (TPSA) is 23.8 Å². The third kappa shape index (κ3) is 2.99. The Morgan fingerprint density at radius 2 is 1.13 bits per heavy atom. The first kappa shape index (κ1) is 15.7. The molecule has 3 rings (SSSR count). The second-order valence-corrected chi connectivity index (χ2v) is 6.55. The van der Waals surface area contributed by atoms with Crippen LogP contribution in [0.4, 0.5) is 0 Å². The molecule has 0 amide bonds. The van der Waals surface area contributed by atoms with Gasteiger partial charge in [0, 0.05) is 5.02 Å². The van der Waals surface area contributed by atoms with E-state index in [1.165, 1.54) is 11.8 Å². The second kappa shape index (κ2) is 6.91. The number of nitrogens with zero attached hydrogens (tertiary/aromatic N) is 1. The lowest BCUT2D eigenvalue weighted by Crippen LogP contribution is -2.24. The first-order valence-corrected chi connectivity index (χ1v) is 8.41. The summed E-state index contributed by atoms with van der Waals surface area (Å²) in [4.78, 5) is 0. The average molecular weight is 336 g/mol. The molecule has 0 unspecified atom stereocenters. The van der Waals surface area contributed by atoms with Gasteiger partial charge >= 0.3 is 0 Å². The normalized spacial score (nSPS) is 11.0. The highest BCUT2D eigenvalue weighted by molar-refractivity contribution is 8.05. The van der Waals surface area contributed by atoms with Gasteiger partial charge < -0.3 is 0 Å². The first-order chi connectivity index (χ1) is 11.3. The minimum Gasteiger partial charge on any atom is -0.185 e. The summed E-state index contributed by atoms with van der Waals surface area (Å²) in [6.45, 7) is 0. The zero-order chi connectivity index (χ0) is 16.1. The number of nitriles is 1. The molecule has 0 fully saturated rings. The predicted octanol–water partition coefficient (Wildman–Crippen LogP) is 5.85. The van der Waals surface area contributed by atoms with E-state index < -0.39 is 4.75 Å². The molecule has 23 heavy (non-hydrogen) atoms. The van der Waals surface area contributed by atoms with Crippen LogP contribution in [0.1, 0.15) is 16.7 Å². The molecule has 112 valence electrons. The highest BCUT2D eigenvalue weighted by Gasteiger charge is 2.37. The molecule has 0 aromatic heterocycles. The van der Waals surface area contributed by atoms with Crippen molar-refractivity contribution >= 4 is 23.4 Å². The number of hydrogen-bond acceptors (Lipinski definition) is 2. The van der Waals surface area contributed by atoms with Crippen LogP contribution in [0.15, 0.2) is 84.9 Å². The van der Waals surface area contributed by atoms with Crippen LogP contribution in [-0.4, -0.2) is 0 Å². The molecular formula is C20H14ClNS. The van der Waals surface area contributed by atoms with Gasteiger partial charge in [-0.25, -0.2) is 0 Å². The Morgan fingerprint density at radius 1 is 0.696 bits per heavy atom. The summed E-state index contributed by atoms with van der Waals surface area (Å²) in [5.74, 6) is 0. The van der Waals surface area contributed by atoms with E-state index in [4.69, 9.17) is 11.6 Å². The molecule has 0 aliphatic carbocycles. The lowest BCUT2D eigenvalue weighted by Gasteiger charge is -2.32. The van der Waals surface area contributed by atoms with Gasteiger partial charge in [-0.1, -0.05) is 84.4 Å². The average Bonchev–Trinajstić information content (AvgIpc) is 2.62. The summed E-state index contributed by atoms with van der Waals surface area (Å²) in [5.41, 5.74) is 3.17. The Labute approximate surface area is 145 Å². The van der Waals surface area contributed by atoms with Crippen molar-refractivity contribution in [3.05, 3.63) is 107 Å². The molecule has 0 atom stereocenters. The van der Waals surface area contributed by atoms with Crippen LogP contribution in [-0.2, 0) is 4.75 Å². The zero-order valence-corrected chi connectivity index (χ0v) is 13.9. The van der Waals surface area contributed by atoms with E-state index in [1.54, 1.807) is 0 Å². The fraction of sp³-hybridized carbons (Fsp3) is 0.0500. The number of thiocyanates is 1. The molecule has 0 saturated heterocycles. The van der Waals surface area contributed by atoms with Crippen LogP contribution in [0, 0.1) is 10.7 Å². The second-order valence-electron chi connectivity index (χ2n) is 5.11. The monoisotopic (exact) mass is 335 g/mol. The van der Waals surface area contributed by atoms with Crippen molar-refractivity contribution in [1.29, 1.82) is 5.26 Å².